The van der Waals surface area contributed by atoms with Crippen molar-refractivity contribution in [3.05, 3.63) is 59.7 Å². The fourth-order valence-electron chi connectivity index (χ4n) is 4.97. The Hall–Kier alpha value is -3.39. The van der Waals surface area contributed by atoms with E-state index in [1.54, 1.807) is 0 Å². The Morgan fingerprint density at radius 2 is 1.65 bits per heavy atom. The predicted molar refractivity (Wildman–Crippen MR) is 123 cm³/mol. The van der Waals surface area contributed by atoms with Gasteiger partial charge in [0.1, 0.15) is 12.7 Å². The van der Waals surface area contributed by atoms with Crippen molar-refractivity contribution in [2.45, 2.75) is 31.3 Å². The van der Waals surface area contributed by atoms with Crippen molar-refractivity contribution in [2.24, 2.45) is 11.3 Å². The Balaban J connectivity index is 1.12. The van der Waals surface area contributed by atoms with Gasteiger partial charge in [-0.3, -0.25) is 9.59 Å². The lowest BCUT2D eigenvalue weighted by molar-refractivity contribution is -0.143. The van der Waals surface area contributed by atoms with E-state index in [1.807, 2.05) is 24.3 Å². The zero-order valence-corrected chi connectivity index (χ0v) is 18.8. The Morgan fingerprint density at radius 1 is 1.00 bits per heavy atom. The molecule has 8 nitrogen and oxygen atoms in total. The third-order valence-corrected chi connectivity index (χ3v) is 7.23. The number of benzene rings is 2. The minimum absolute atomic E-state index is 0.0181. The summed E-state index contributed by atoms with van der Waals surface area (Å²) in [6.07, 6.45) is 0.530. The molecule has 2 aromatic carbocycles. The summed E-state index contributed by atoms with van der Waals surface area (Å²) < 4.78 is 11.1. The molecule has 0 spiro atoms. The van der Waals surface area contributed by atoms with Gasteiger partial charge in [0, 0.05) is 31.5 Å². The van der Waals surface area contributed by atoms with E-state index in [-0.39, 0.29) is 37.4 Å². The molecule has 2 fully saturated rings. The van der Waals surface area contributed by atoms with Gasteiger partial charge in [-0.25, -0.2) is 4.79 Å². The minimum atomic E-state index is -0.881. The van der Waals surface area contributed by atoms with Crippen molar-refractivity contribution >= 4 is 18.0 Å². The Labute approximate surface area is 197 Å². The molecule has 2 amide bonds. The summed E-state index contributed by atoms with van der Waals surface area (Å²) in [6, 6.07) is 16.3. The van der Waals surface area contributed by atoms with Crippen molar-refractivity contribution in [3.8, 4) is 11.1 Å². The maximum Gasteiger partial charge on any atom is 0.407 e. The van der Waals surface area contributed by atoms with Crippen LogP contribution in [0.25, 0.3) is 11.1 Å². The van der Waals surface area contributed by atoms with Gasteiger partial charge in [0.15, 0.2) is 0 Å². The molecule has 0 aromatic heterocycles. The second-order valence-corrected chi connectivity index (χ2v) is 9.35. The molecule has 2 aromatic rings. The number of carbonyl (C=O) groups excluding carboxylic acids is 2. The van der Waals surface area contributed by atoms with Gasteiger partial charge in [-0.1, -0.05) is 48.5 Å². The van der Waals surface area contributed by atoms with Gasteiger partial charge in [-0.2, -0.15) is 0 Å². The van der Waals surface area contributed by atoms with Crippen LogP contribution in [0.4, 0.5) is 4.79 Å². The van der Waals surface area contributed by atoms with Crippen LogP contribution in [0.3, 0.4) is 0 Å². The molecule has 0 unspecified atom stereocenters. The maximum absolute atomic E-state index is 12.6. The summed E-state index contributed by atoms with van der Waals surface area (Å²) in [4.78, 5) is 36.3. The lowest BCUT2D eigenvalue weighted by Gasteiger charge is -2.20. The number of carboxylic acid groups (broad SMARTS) is 1. The third-order valence-electron chi connectivity index (χ3n) is 7.23. The number of amides is 2. The van der Waals surface area contributed by atoms with Crippen LogP contribution in [0.2, 0.25) is 0 Å². The van der Waals surface area contributed by atoms with Crippen LogP contribution in [0.5, 0.6) is 0 Å². The minimum Gasteiger partial charge on any atom is -0.481 e. The van der Waals surface area contributed by atoms with E-state index in [0.717, 1.165) is 11.1 Å². The molecule has 1 aliphatic heterocycles. The standard InChI is InChI=1S/C26H28N2O6/c29-23(28-15-26(10-11-26)24(30)31)22-16(9-12-33-22)13-27-25(32)34-14-21-19-7-3-1-5-17(19)18-6-2-4-8-20(18)21/h1-8,16,21-22H,9-15H2,(H,27,32)(H,28,29)(H,30,31)/t16-,22-/m1/s1. The number of nitrogens with one attached hydrogen (secondary N) is 2. The summed E-state index contributed by atoms with van der Waals surface area (Å²) in [7, 11) is 0. The Bertz CT molecular complexity index is 1070. The van der Waals surface area contributed by atoms with E-state index in [0.29, 0.717) is 25.9 Å². The van der Waals surface area contributed by atoms with Crippen LogP contribution < -0.4 is 10.6 Å². The quantitative estimate of drug-likeness (QED) is 0.554. The lowest BCUT2D eigenvalue weighted by atomic mass is 9.98. The zero-order valence-electron chi connectivity index (χ0n) is 18.8. The van der Waals surface area contributed by atoms with Crippen molar-refractivity contribution in [2.75, 3.05) is 26.3 Å². The molecule has 178 valence electrons. The number of hydrogen-bond donors (Lipinski definition) is 3. The molecule has 2 aliphatic carbocycles. The van der Waals surface area contributed by atoms with Crippen molar-refractivity contribution < 1.29 is 29.0 Å². The van der Waals surface area contributed by atoms with Gasteiger partial charge < -0.3 is 25.2 Å². The Kier molecular flexibility index (Phi) is 6.00. The van der Waals surface area contributed by atoms with Gasteiger partial charge in [-0.15, -0.1) is 0 Å². The number of carbonyl (C=O) groups is 3. The van der Waals surface area contributed by atoms with E-state index >= 15 is 0 Å². The van der Waals surface area contributed by atoms with E-state index in [2.05, 4.69) is 34.9 Å². The van der Waals surface area contributed by atoms with Crippen LogP contribution in [-0.2, 0) is 19.1 Å². The van der Waals surface area contributed by atoms with Crippen LogP contribution in [0.1, 0.15) is 36.3 Å². The highest BCUT2D eigenvalue weighted by atomic mass is 16.5. The van der Waals surface area contributed by atoms with E-state index in [9.17, 15) is 19.5 Å². The zero-order chi connectivity index (χ0) is 23.7. The van der Waals surface area contributed by atoms with Gasteiger partial charge in [0.05, 0.1) is 5.41 Å². The first-order valence-electron chi connectivity index (χ1n) is 11.7. The molecule has 1 saturated carbocycles. The van der Waals surface area contributed by atoms with Gasteiger partial charge >= 0.3 is 12.1 Å². The van der Waals surface area contributed by atoms with E-state index in [1.165, 1.54) is 11.1 Å². The average molecular weight is 465 g/mol. The molecule has 0 radical (unpaired) electrons. The summed E-state index contributed by atoms with van der Waals surface area (Å²) in [6.45, 7) is 0.994. The van der Waals surface area contributed by atoms with E-state index < -0.39 is 23.6 Å². The molecular weight excluding hydrogens is 436 g/mol. The third kappa shape index (κ3) is 4.25. The molecule has 3 N–H and O–H groups in total. The molecule has 3 aliphatic rings. The molecule has 8 heteroatoms. The van der Waals surface area contributed by atoms with Crippen LogP contribution >= 0.6 is 0 Å². The fourth-order valence-corrected chi connectivity index (χ4v) is 4.97. The normalized spacial score (nSPS) is 21.9. The van der Waals surface area contributed by atoms with Gasteiger partial charge in [0.2, 0.25) is 5.91 Å². The molecule has 1 heterocycles. The van der Waals surface area contributed by atoms with Gasteiger partial charge in [-0.05, 0) is 41.5 Å². The monoisotopic (exact) mass is 464 g/mol. The number of carboxylic acids is 1. The summed E-state index contributed by atoms with van der Waals surface area (Å²) in [5, 5.41) is 14.8. The van der Waals surface area contributed by atoms with Crippen molar-refractivity contribution in [1.82, 2.24) is 10.6 Å². The SMILES string of the molecule is O=C(NC[C@H]1CCO[C@H]1C(=O)NCC1(C(=O)O)CC1)OCC1c2ccccc2-c2ccccc21. The lowest BCUT2D eigenvalue weighted by Crippen LogP contribution is -2.44. The molecule has 0 bridgehead atoms. The highest BCUT2D eigenvalue weighted by molar-refractivity contribution is 5.84. The molecular formula is C26H28N2O6. The summed E-state index contributed by atoms with van der Waals surface area (Å²) in [5.74, 6) is -1.42. The maximum atomic E-state index is 12.6. The summed E-state index contributed by atoms with van der Waals surface area (Å²) in [5.41, 5.74) is 3.79. The predicted octanol–water partition coefficient (Wildman–Crippen LogP) is 2.91. The van der Waals surface area contributed by atoms with Crippen LogP contribution in [0, 0.1) is 11.3 Å². The molecule has 5 rings (SSSR count). The summed E-state index contributed by atoms with van der Waals surface area (Å²) >= 11 is 0. The van der Waals surface area contributed by atoms with Crippen LogP contribution in [0.15, 0.2) is 48.5 Å². The highest BCUT2D eigenvalue weighted by Gasteiger charge is 2.50. The van der Waals surface area contributed by atoms with E-state index in [4.69, 9.17) is 9.47 Å². The van der Waals surface area contributed by atoms with Crippen LogP contribution in [-0.4, -0.2) is 55.5 Å². The molecule has 34 heavy (non-hydrogen) atoms. The number of rotatable bonds is 8. The number of alkyl carbamates (subject to hydrolysis) is 1. The largest absolute Gasteiger partial charge is 0.481 e. The second-order valence-electron chi connectivity index (χ2n) is 9.35. The topological polar surface area (TPSA) is 114 Å². The average Bonchev–Trinajstić information content (AvgIpc) is 3.39. The molecule has 1 saturated heterocycles. The smallest absolute Gasteiger partial charge is 0.407 e. The van der Waals surface area contributed by atoms with Gasteiger partial charge in [0.25, 0.3) is 0 Å². The molecule has 2 atom stereocenters. The first-order valence-corrected chi connectivity index (χ1v) is 11.7. The van der Waals surface area contributed by atoms with Crippen molar-refractivity contribution in [3.63, 3.8) is 0 Å². The Morgan fingerprint density at radius 3 is 2.26 bits per heavy atom. The first kappa shape index (κ1) is 22.4. The second kappa shape index (κ2) is 9.10. The first-order chi connectivity index (χ1) is 16.5. The highest BCUT2D eigenvalue weighted by Crippen LogP contribution is 2.45. The number of aliphatic carboxylic acids is 1. The fraction of sp³-hybridized carbons (Fsp3) is 0.423. The number of ether oxygens (including phenoxy) is 2. The van der Waals surface area contributed by atoms with Crippen molar-refractivity contribution in [1.29, 1.82) is 0 Å². The number of fused-ring (bicyclic) bond motifs is 3. The number of hydrogen-bond acceptors (Lipinski definition) is 5.